The molecule has 0 heterocycles. The van der Waals surface area contributed by atoms with Gasteiger partial charge in [-0.3, -0.25) is 0 Å². The van der Waals surface area contributed by atoms with Crippen LogP contribution in [0.3, 0.4) is 0 Å². The molecule has 0 unspecified atom stereocenters. The van der Waals surface area contributed by atoms with Crippen molar-refractivity contribution in [1.82, 2.24) is 0 Å². The molecule has 0 amide bonds. The van der Waals surface area contributed by atoms with Crippen LogP contribution in [0.2, 0.25) is 0 Å². The molecule has 0 spiro atoms. The maximum atomic E-state index is 2.32. The van der Waals surface area contributed by atoms with Gasteiger partial charge in [0.15, 0.2) is 0 Å². The Morgan fingerprint density at radius 2 is 0.375 bits per heavy atom. The molecule has 0 bridgehead atoms. The summed E-state index contributed by atoms with van der Waals surface area (Å²) in [7, 11) is 0.779. The van der Waals surface area contributed by atoms with Crippen molar-refractivity contribution in [2.24, 2.45) is 0 Å². The Labute approximate surface area is 272 Å². The van der Waals surface area contributed by atoms with E-state index >= 15 is 0 Å². The van der Waals surface area contributed by atoms with Crippen molar-refractivity contribution in [2.75, 3.05) is 37.0 Å². The minimum atomic E-state index is 0. The lowest BCUT2D eigenvalue weighted by Gasteiger charge is -2.17. The fraction of sp³-hybridized carbons (Fsp3) is 1.00. The quantitative estimate of drug-likeness (QED) is 0.0539. The molecule has 0 rings (SSSR count). The molecule has 0 fully saturated rings. The standard InChI is InChI=1S/2C18H39P.2ClH/c2*1-4-7-10-13-16-19(17-14-11-8-5-2)18-15-12-9-6-3;;/h2*4-18H2,1-3H3;2*1H. The predicted molar refractivity (Wildman–Crippen MR) is 202 cm³/mol. The summed E-state index contributed by atoms with van der Waals surface area (Å²) >= 11 is 0. The molecule has 0 aromatic rings. The highest BCUT2D eigenvalue weighted by molar-refractivity contribution is 7.57. The molecular formula is C36H80Cl2P2. The average molecular weight is 646 g/mol. The SMILES string of the molecule is CCCCCCP(CCCCCC)CCCCCC.CCCCCCP(CCCCCC)CCCCCC.Cl.Cl. The van der Waals surface area contributed by atoms with Gasteiger partial charge in [0.25, 0.3) is 0 Å². The van der Waals surface area contributed by atoms with E-state index in [1.165, 1.54) is 154 Å². The van der Waals surface area contributed by atoms with Gasteiger partial charge in [-0.25, -0.2) is 0 Å². The van der Waals surface area contributed by atoms with E-state index in [4.69, 9.17) is 0 Å². The lowest BCUT2D eigenvalue weighted by Crippen LogP contribution is -1.97. The molecule has 0 aromatic carbocycles. The molecular weight excluding hydrogens is 565 g/mol. The van der Waals surface area contributed by atoms with Crippen molar-refractivity contribution in [1.29, 1.82) is 0 Å². The van der Waals surface area contributed by atoms with Crippen molar-refractivity contribution >= 4 is 40.7 Å². The molecule has 0 aromatic heterocycles. The second-order valence-corrected chi connectivity index (χ2v) is 17.4. The van der Waals surface area contributed by atoms with E-state index in [-0.39, 0.29) is 24.8 Å². The summed E-state index contributed by atoms with van der Waals surface area (Å²) in [5, 5.41) is 0. The minimum Gasteiger partial charge on any atom is -0.147 e. The van der Waals surface area contributed by atoms with Gasteiger partial charge in [0.05, 0.1) is 0 Å². The van der Waals surface area contributed by atoms with Crippen LogP contribution < -0.4 is 0 Å². The van der Waals surface area contributed by atoms with Crippen LogP contribution in [0.1, 0.15) is 196 Å². The zero-order valence-electron chi connectivity index (χ0n) is 28.9. The van der Waals surface area contributed by atoms with E-state index < -0.39 is 0 Å². The maximum Gasteiger partial charge on any atom is -0.0326 e. The highest BCUT2D eigenvalue weighted by Gasteiger charge is 2.08. The Balaban J connectivity index is -0.000000309. The average Bonchev–Trinajstić information content (AvgIpc) is 2.93. The molecule has 0 nitrogen and oxygen atoms in total. The van der Waals surface area contributed by atoms with E-state index in [9.17, 15) is 0 Å². The van der Waals surface area contributed by atoms with E-state index in [1.54, 1.807) is 37.0 Å². The number of rotatable bonds is 30. The summed E-state index contributed by atoms with van der Waals surface area (Å²) in [6, 6.07) is 0. The van der Waals surface area contributed by atoms with Crippen LogP contribution >= 0.6 is 40.7 Å². The summed E-state index contributed by atoms with van der Waals surface area (Å²) in [5.41, 5.74) is 0. The first-order valence-corrected chi connectivity index (χ1v) is 21.9. The third kappa shape index (κ3) is 41.6. The van der Waals surface area contributed by atoms with Gasteiger partial charge in [-0.05, 0) is 75.5 Å². The van der Waals surface area contributed by atoms with Crippen LogP contribution in [-0.4, -0.2) is 37.0 Å². The van der Waals surface area contributed by atoms with Gasteiger partial charge in [0.2, 0.25) is 0 Å². The third-order valence-corrected chi connectivity index (χ3v) is 13.7. The highest BCUT2D eigenvalue weighted by Crippen LogP contribution is 2.40. The molecule has 0 saturated heterocycles. The largest absolute Gasteiger partial charge is 0.147 e. The summed E-state index contributed by atoms with van der Waals surface area (Å²) in [5.74, 6) is 0. The fourth-order valence-corrected chi connectivity index (χ4v) is 10.6. The van der Waals surface area contributed by atoms with Crippen molar-refractivity contribution in [3.8, 4) is 0 Å². The molecule has 40 heavy (non-hydrogen) atoms. The summed E-state index contributed by atoms with van der Waals surface area (Å²) in [4.78, 5) is 0. The van der Waals surface area contributed by atoms with Crippen LogP contribution in [0.25, 0.3) is 0 Å². The third-order valence-electron chi connectivity index (χ3n) is 7.97. The Hall–Kier alpha value is 1.44. The minimum absolute atomic E-state index is 0. The maximum absolute atomic E-state index is 2.32. The predicted octanol–water partition coefficient (Wildman–Crippen LogP) is 15.3. The number of hydrogen-bond acceptors (Lipinski definition) is 0. The second kappa shape index (κ2) is 44.9. The molecule has 0 N–H and O–H groups in total. The number of hydrogen-bond donors (Lipinski definition) is 0. The van der Waals surface area contributed by atoms with Crippen LogP contribution in [0.5, 0.6) is 0 Å². The Morgan fingerprint density at radius 1 is 0.225 bits per heavy atom. The van der Waals surface area contributed by atoms with Crippen LogP contribution in [-0.2, 0) is 0 Å². The summed E-state index contributed by atoms with van der Waals surface area (Å²) < 4.78 is 0. The molecule has 248 valence electrons. The van der Waals surface area contributed by atoms with Gasteiger partial charge in [0.1, 0.15) is 0 Å². The second-order valence-electron chi connectivity index (χ2n) is 12.0. The summed E-state index contributed by atoms with van der Waals surface area (Å²) in [6.45, 7) is 13.9. The Morgan fingerprint density at radius 3 is 0.500 bits per heavy atom. The van der Waals surface area contributed by atoms with Crippen molar-refractivity contribution in [3.63, 3.8) is 0 Å². The molecule has 0 saturated carbocycles. The first-order valence-electron chi connectivity index (χ1n) is 18.1. The van der Waals surface area contributed by atoms with Gasteiger partial charge < -0.3 is 0 Å². The van der Waals surface area contributed by atoms with E-state index in [1.807, 2.05) is 0 Å². The lowest BCUT2D eigenvalue weighted by molar-refractivity contribution is 0.687. The molecule has 0 radical (unpaired) electrons. The smallest absolute Gasteiger partial charge is 0.0326 e. The number of halogens is 2. The normalized spacial score (nSPS) is 10.8. The fourth-order valence-electron chi connectivity index (χ4n) is 5.24. The van der Waals surface area contributed by atoms with Gasteiger partial charge >= 0.3 is 0 Å². The van der Waals surface area contributed by atoms with E-state index in [2.05, 4.69) is 41.5 Å². The van der Waals surface area contributed by atoms with Gasteiger partial charge in [-0.1, -0.05) is 157 Å². The monoisotopic (exact) mass is 645 g/mol. The molecule has 0 atom stereocenters. The van der Waals surface area contributed by atoms with Crippen LogP contribution in [0.4, 0.5) is 0 Å². The summed E-state index contributed by atoms with van der Waals surface area (Å²) in [6.07, 6.45) is 44.5. The molecule has 0 aliphatic carbocycles. The van der Waals surface area contributed by atoms with Gasteiger partial charge in [-0.2, -0.15) is 0 Å². The Bertz CT molecular complexity index is 302. The molecule has 4 heteroatoms. The first kappa shape index (κ1) is 48.3. The lowest BCUT2D eigenvalue weighted by atomic mass is 10.2. The van der Waals surface area contributed by atoms with E-state index in [0.717, 1.165) is 0 Å². The number of unbranched alkanes of at least 4 members (excludes halogenated alkanes) is 18. The van der Waals surface area contributed by atoms with Gasteiger partial charge in [0, 0.05) is 0 Å². The van der Waals surface area contributed by atoms with Crippen molar-refractivity contribution in [3.05, 3.63) is 0 Å². The van der Waals surface area contributed by atoms with Crippen LogP contribution in [0, 0.1) is 0 Å². The van der Waals surface area contributed by atoms with E-state index in [0.29, 0.717) is 15.8 Å². The van der Waals surface area contributed by atoms with Crippen molar-refractivity contribution < 1.29 is 0 Å². The Kier molecular flexibility index (Phi) is 54.2. The highest BCUT2D eigenvalue weighted by atomic mass is 35.5. The molecule has 0 aliphatic rings. The zero-order chi connectivity index (χ0) is 28.4. The van der Waals surface area contributed by atoms with Crippen molar-refractivity contribution in [2.45, 2.75) is 196 Å². The topological polar surface area (TPSA) is 0 Å². The zero-order valence-corrected chi connectivity index (χ0v) is 32.3. The van der Waals surface area contributed by atoms with Gasteiger partial charge in [-0.15, -0.1) is 40.7 Å². The first-order chi connectivity index (χ1) is 18.7. The molecule has 0 aliphatic heterocycles. The van der Waals surface area contributed by atoms with Crippen LogP contribution in [0.15, 0.2) is 0 Å².